The molecule has 0 saturated carbocycles. The number of hydrogen-bond acceptors (Lipinski definition) is 4. The lowest BCUT2D eigenvalue weighted by Gasteiger charge is -2.36. The predicted molar refractivity (Wildman–Crippen MR) is 116 cm³/mol. The molecule has 5 rings (SSSR count). The standard InChI is InChI=1S/C24H23N3O2/c28-24-25-21-10-5-11-22(23(21)29-24)27-14-12-26(13-15-27)17-18-6-4-9-20(16-18)19-7-2-1-3-8-19/h1-11,16H,12-15,17H2,(H,25,28)/i1D,2D,3D,4D,5D,6D,7D,8D,9D,10D,11D,12D2,13D2,14D2,15D2,16D,17D2/hD. The Balaban J connectivity index is 1.87. The van der Waals surface area contributed by atoms with E-state index in [1.54, 1.807) is 0 Å². The fourth-order valence-electron chi connectivity index (χ4n) is 2.34. The molecule has 1 N–H and O–H groups in total. The molecular weight excluding hydrogens is 362 g/mol. The van der Waals surface area contributed by atoms with Gasteiger partial charge in [0.25, 0.3) is 0 Å². The molecule has 5 heteroatoms. The van der Waals surface area contributed by atoms with Gasteiger partial charge in [-0.3, -0.25) is 9.88 Å². The van der Waals surface area contributed by atoms with Crippen molar-refractivity contribution in [3.8, 4) is 11.1 Å². The number of para-hydroxylation sites is 1. The van der Waals surface area contributed by atoms with Gasteiger partial charge in [-0.05, 0) is 34.8 Å². The van der Waals surface area contributed by atoms with Gasteiger partial charge >= 0.3 is 5.76 Å². The van der Waals surface area contributed by atoms with Crippen molar-refractivity contribution in [1.29, 1.82) is 0 Å². The third kappa shape index (κ3) is 3.69. The number of benzene rings is 3. The first kappa shape index (κ1) is 5.64. The van der Waals surface area contributed by atoms with Gasteiger partial charge in [-0.1, -0.05) is 54.4 Å². The lowest BCUT2D eigenvalue weighted by molar-refractivity contribution is 0.250. The van der Waals surface area contributed by atoms with E-state index in [0.29, 0.717) is 0 Å². The van der Waals surface area contributed by atoms with Crippen molar-refractivity contribution in [2.75, 3.05) is 30.9 Å². The molecule has 1 aliphatic rings. The lowest BCUT2D eigenvalue weighted by atomic mass is 10.0. The Morgan fingerprint density at radius 2 is 1.76 bits per heavy atom. The minimum Gasteiger partial charge on any atom is -0.406 e. The topological polar surface area (TPSA) is 52.5 Å². The van der Waals surface area contributed by atoms with E-state index in [4.69, 9.17) is 36.0 Å². The van der Waals surface area contributed by atoms with Crippen LogP contribution in [0.2, 0.25) is 1.41 Å². The van der Waals surface area contributed by atoms with E-state index in [1.165, 1.54) is 0 Å². The van der Waals surface area contributed by atoms with Crippen molar-refractivity contribution in [1.82, 2.24) is 9.88 Å². The summed E-state index contributed by atoms with van der Waals surface area (Å²) < 4.78 is 201. The van der Waals surface area contributed by atoms with E-state index >= 15 is 0 Å². The van der Waals surface area contributed by atoms with Crippen LogP contribution < -0.4 is 10.7 Å². The summed E-state index contributed by atoms with van der Waals surface area (Å²) in [6, 6.07) is -13.5. The first-order valence-corrected chi connectivity index (χ1v) is 7.90. The Labute approximate surface area is 201 Å². The zero-order valence-electron chi connectivity index (χ0n) is 37.2. The smallest absolute Gasteiger partial charge is 0.406 e. The highest BCUT2D eigenvalue weighted by molar-refractivity contribution is 5.86. The van der Waals surface area contributed by atoms with Gasteiger partial charge in [-0.15, -0.1) is 0 Å². The number of H-pyrrole nitrogens is 1. The second-order valence-corrected chi connectivity index (χ2v) is 5.36. The van der Waals surface area contributed by atoms with Crippen molar-refractivity contribution in [3.63, 3.8) is 0 Å². The Morgan fingerprint density at radius 3 is 2.59 bits per heavy atom. The molecule has 5 nitrogen and oxygen atoms in total. The maximum Gasteiger partial charge on any atom is 0.417 e. The van der Waals surface area contributed by atoms with E-state index in [9.17, 15) is 4.79 Å². The van der Waals surface area contributed by atoms with Crippen LogP contribution in [0.5, 0.6) is 0 Å². The van der Waals surface area contributed by atoms with Crippen molar-refractivity contribution in [3.05, 3.63) is 88.6 Å². The highest BCUT2D eigenvalue weighted by Gasteiger charge is 2.20. The minimum atomic E-state index is -4.20. The van der Waals surface area contributed by atoms with Gasteiger partial charge in [-0.25, -0.2) is 4.79 Å². The summed E-state index contributed by atoms with van der Waals surface area (Å²) in [5.74, 6) is -1.57. The van der Waals surface area contributed by atoms with Crippen molar-refractivity contribution < 1.29 is 36.0 Å². The van der Waals surface area contributed by atoms with Crippen LogP contribution >= 0.6 is 0 Å². The first-order valence-electron chi connectivity index (χ1n) is 19.3. The molecule has 0 amide bonds. The summed E-state index contributed by atoms with van der Waals surface area (Å²) in [5, 5.41) is 0. The van der Waals surface area contributed by atoms with Crippen LogP contribution in [0.4, 0.5) is 5.69 Å². The van der Waals surface area contributed by atoms with Crippen LogP contribution in [-0.4, -0.2) is 35.9 Å². The van der Waals surface area contributed by atoms with Crippen LogP contribution in [-0.2, 0) is 6.50 Å². The van der Waals surface area contributed by atoms with Crippen molar-refractivity contribution in [2.45, 2.75) is 6.50 Å². The summed E-state index contributed by atoms with van der Waals surface area (Å²) in [6.07, 6.45) is 0. The van der Waals surface area contributed by atoms with Gasteiger partial charge in [0.2, 0.25) is 0 Å². The van der Waals surface area contributed by atoms with Crippen LogP contribution in [0, 0.1) is 0 Å². The molecule has 0 aliphatic carbocycles. The second kappa shape index (κ2) is 7.60. The maximum atomic E-state index is 12.3. The van der Waals surface area contributed by atoms with Crippen molar-refractivity contribution >= 4 is 16.8 Å². The fraction of sp³-hybridized carbons (Fsp3) is 0.208. The molecule has 146 valence electrons. The molecule has 4 aromatic rings. The quantitative estimate of drug-likeness (QED) is 0.552. The molecule has 0 atom stereocenters. The average Bonchev–Trinajstić information content (AvgIpc) is 3.32. The number of fused-ring (bicyclic) bond motifs is 1. The number of rotatable bonds is 4. The number of nitrogens with one attached hydrogen (secondary N) is 1. The van der Waals surface area contributed by atoms with Gasteiger partial charge in [0.05, 0.1) is 33.1 Å². The predicted octanol–water partition coefficient (Wildman–Crippen LogP) is 4.11. The molecule has 3 aromatic carbocycles. The molecule has 1 aliphatic heterocycles. The number of oxazole rings is 1. The zero-order chi connectivity index (χ0) is 39.9. The molecule has 29 heavy (non-hydrogen) atoms. The van der Waals surface area contributed by atoms with E-state index < -0.39 is 149 Å². The first-order chi connectivity index (χ1) is 23.5. The van der Waals surface area contributed by atoms with Crippen LogP contribution in [0.25, 0.3) is 22.2 Å². The number of nitrogens with zero attached hydrogens (tertiary/aromatic N) is 2. The average molecular weight is 409 g/mol. The largest absolute Gasteiger partial charge is 0.417 e. The summed E-state index contributed by atoms with van der Waals surface area (Å²) in [4.78, 5) is 11.1. The van der Waals surface area contributed by atoms with E-state index in [0.717, 1.165) is 0 Å². The Morgan fingerprint density at radius 1 is 1.00 bits per heavy atom. The molecular formula is C24H23N3O2. The van der Waals surface area contributed by atoms with Crippen LogP contribution in [0.15, 0.2) is 81.7 Å². The fourth-order valence-corrected chi connectivity index (χ4v) is 2.34. The van der Waals surface area contributed by atoms with Crippen LogP contribution in [0.3, 0.4) is 0 Å². The van der Waals surface area contributed by atoms with Gasteiger partial charge in [-0.2, -0.15) is 0 Å². The Kier molecular flexibility index (Phi) is 1.48. The highest BCUT2D eigenvalue weighted by Crippen LogP contribution is 2.26. The Hall–Kier alpha value is -3.31. The molecule has 0 bridgehead atoms. The number of piperazine rings is 1. The third-order valence-corrected chi connectivity index (χ3v) is 3.55. The van der Waals surface area contributed by atoms with Gasteiger partial charge in [0, 0.05) is 40.7 Å². The van der Waals surface area contributed by atoms with E-state index in [1.807, 2.05) is 0 Å². The molecule has 1 aromatic heterocycles. The summed E-state index contributed by atoms with van der Waals surface area (Å²) >= 11 is 0. The van der Waals surface area contributed by atoms with Crippen LogP contribution in [0.1, 0.15) is 35.7 Å². The van der Waals surface area contributed by atoms with Gasteiger partial charge in [0.1, 0.15) is 0 Å². The zero-order valence-corrected chi connectivity index (χ0v) is 14.2. The Bertz CT molecular complexity index is 2220. The van der Waals surface area contributed by atoms with Crippen molar-refractivity contribution in [2.24, 2.45) is 0 Å². The third-order valence-electron chi connectivity index (χ3n) is 3.55. The second-order valence-electron chi connectivity index (χ2n) is 5.36. The number of hydrogen-bond donors (Lipinski definition) is 1. The minimum absolute atomic E-state index is 0.0883. The molecule has 0 unspecified atom stereocenters. The monoisotopic (exact) mass is 408 g/mol. The van der Waals surface area contributed by atoms with E-state index in [-0.39, 0.29) is 9.88 Å². The summed E-state index contributed by atoms with van der Waals surface area (Å²) in [7, 11) is 0. The highest BCUT2D eigenvalue weighted by atomic mass is 16.4. The molecule has 2 heterocycles. The molecule has 1 saturated heterocycles. The number of aromatic nitrogens is 1. The maximum absolute atomic E-state index is 12.3. The normalized spacial score (nSPS) is 33.9. The number of anilines is 1. The molecule has 1 fully saturated rings. The number of aromatic amines is 1. The van der Waals surface area contributed by atoms with E-state index in [2.05, 4.69) is 0 Å². The lowest BCUT2D eigenvalue weighted by Crippen LogP contribution is -2.46. The molecule has 0 radical (unpaired) electrons. The van der Waals surface area contributed by atoms with Gasteiger partial charge < -0.3 is 9.32 Å². The summed E-state index contributed by atoms with van der Waals surface area (Å²) in [6.45, 7) is -20.7. The summed E-state index contributed by atoms with van der Waals surface area (Å²) in [5.41, 5.74) is -6.72. The SMILES string of the molecule is [2H]c1c([2H])c([2H])c(-c2c([2H])c([2H])c([2H])c(C([2H])([2H])N3C([2H])([2H])C([2H])([2H])N(c4c([2H])c([2H])c([2H])c5c4oc(=O)n5[2H])C([2H])([2H])C3([2H])[2H])c2[2H])c([2H])c1[2H]. The van der Waals surface area contributed by atoms with Gasteiger partial charge in [0.15, 0.2) is 6.99 Å². The molecule has 0 spiro atoms.